The normalized spacial score (nSPS) is 14.2. The highest BCUT2D eigenvalue weighted by Crippen LogP contribution is 2.21. The molecular weight excluding hydrogens is 390 g/mol. The van der Waals surface area contributed by atoms with Gasteiger partial charge in [0.25, 0.3) is 5.91 Å². The van der Waals surface area contributed by atoms with Gasteiger partial charge in [-0.15, -0.1) is 0 Å². The second-order valence-electron chi connectivity index (χ2n) is 7.04. The maximum atomic E-state index is 12.4. The van der Waals surface area contributed by atoms with Gasteiger partial charge >= 0.3 is 5.97 Å². The summed E-state index contributed by atoms with van der Waals surface area (Å²) in [7, 11) is 0. The number of amides is 1. The summed E-state index contributed by atoms with van der Waals surface area (Å²) in [6.07, 6.45) is 1.95. The van der Waals surface area contributed by atoms with Crippen LogP contribution in [0.1, 0.15) is 5.56 Å². The number of esters is 1. The van der Waals surface area contributed by atoms with Crippen molar-refractivity contribution in [2.45, 2.75) is 6.42 Å². The van der Waals surface area contributed by atoms with Gasteiger partial charge in [-0.2, -0.15) is 0 Å². The quantitative estimate of drug-likeness (QED) is 0.654. The second-order valence-corrected chi connectivity index (χ2v) is 7.48. The summed E-state index contributed by atoms with van der Waals surface area (Å²) < 4.78 is 5.23. The molecule has 4 rings (SSSR count). The van der Waals surface area contributed by atoms with Crippen molar-refractivity contribution in [1.82, 2.24) is 9.88 Å². The van der Waals surface area contributed by atoms with Crippen LogP contribution in [0.5, 0.6) is 0 Å². The predicted molar refractivity (Wildman–Crippen MR) is 113 cm³/mol. The molecule has 1 fully saturated rings. The lowest BCUT2D eigenvalue weighted by Gasteiger charge is -2.36. The molecule has 0 atom stereocenters. The van der Waals surface area contributed by atoms with Crippen molar-refractivity contribution in [3.8, 4) is 0 Å². The van der Waals surface area contributed by atoms with Crippen LogP contribution in [0.4, 0.5) is 5.69 Å². The fourth-order valence-corrected chi connectivity index (χ4v) is 3.79. The Morgan fingerprint density at radius 3 is 2.62 bits per heavy atom. The second kappa shape index (κ2) is 8.57. The van der Waals surface area contributed by atoms with Crippen molar-refractivity contribution >= 4 is 40.1 Å². The summed E-state index contributed by atoms with van der Waals surface area (Å²) in [6, 6.07) is 15.5. The summed E-state index contributed by atoms with van der Waals surface area (Å²) in [6.45, 7) is 2.39. The molecule has 1 saturated heterocycles. The molecule has 1 aliphatic rings. The highest BCUT2D eigenvalue weighted by molar-refractivity contribution is 6.30. The van der Waals surface area contributed by atoms with Gasteiger partial charge in [0.2, 0.25) is 0 Å². The van der Waals surface area contributed by atoms with Crippen molar-refractivity contribution in [3.05, 3.63) is 65.3 Å². The lowest BCUT2D eigenvalue weighted by atomic mass is 10.1. The zero-order valence-corrected chi connectivity index (χ0v) is 16.7. The molecule has 2 aromatic carbocycles. The summed E-state index contributed by atoms with van der Waals surface area (Å²) >= 11 is 6.06. The number of halogens is 1. The molecule has 0 unspecified atom stereocenters. The number of aromatic nitrogens is 1. The Kier molecular flexibility index (Phi) is 5.71. The van der Waals surface area contributed by atoms with Gasteiger partial charge in [-0.05, 0) is 29.8 Å². The molecule has 1 aromatic heterocycles. The van der Waals surface area contributed by atoms with Crippen LogP contribution >= 0.6 is 11.6 Å². The monoisotopic (exact) mass is 411 g/mol. The number of piperazine rings is 1. The molecule has 0 saturated carbocycles. The molecule has 1 N–H and O–H groups in total. The number of aromatic amines is 1. The maximum absolute atomic E-state index is 12.4. The Morgan fingerprint density at radius 1 is 1.03 bits per heavy atom. The van der Waals surface area contributed by atoms with Gasteiger partial charge in [0.1, 0.15) is 0 Å². The number of anilines is 1. The van der Waals surface area contributed by atoms with Crippen LogP contribution in [0, 0.1) is 0 Å². The minimum Gasteiger partial charge on any atom is -0.455 e. The number of carbonyl (C=O) groups is 2. The van der Waals surface area contributed by atoms with Crippen molar-refractivity contribution in [2.75, 3.05) is 37.7 Å². The van der Waals surface area contributed by atoms with Crippen LogP contribution in [0.2, 0.25) is 5.02 Å². The number of hydrogen-bond donors (Lipinski definition) is 1. The van der Waals surface area contributed by atoms with E-state index in [4.69, 9.17) is 16.3 Å². The van der Waals surface area contributed by atoms with E-state index in [2.05, 4.69) is 9.88 Å². The first-order valence-corrected chi connectivity index (χ1v) is 9.97. The van der Waals surface area contributed by atoms with Crippen LogP contribution in [-0.4, -0.2) is 54.5 Å². The maximum Gasteiger partial charge on any atom is 0.310 e. The lowest BCUT2D eigenvalue weighted by molar-refractivity contribution is -0.151. The van der Waals surface area contributed by atoms with Gasteiger partial charge in [0.05, 0.1) is 6.42 Å². The largest absolute Gasteiger partial charge is 0.455 e. The lowest BCUT2D eigenvalue weighted by Crippen LogP contribution is -2.50. The number of nitrogens with one attached hydrogen (secondary N) is 1. The standard InChI is InChI=1S/C22H22ClN3O3/c23-17-4-3-5-18(13-17)25-8-10-26(11-9-25)21(27)15-29-22(28)12-16-14-24-20-7-2-1-6-19(16)20/h1-7,13-14,24H,8-12,15H2. The van der Waals surface area contributed by atoms with Gasteiger partial charge in [-0.25, -0.2) is 0 Å². The van der Waals surface area contributed by atoms with E-state index in [1.165, 1.54) is 0 Å². The number of ether oxygens (including phenoxy) is 1. The number of benzene rings is 2. The topological polar surface area (TPSA) is 65.6 Å². The van der Waals surface area contributed by atoms with E-state index in [-0.39, 0.29) is 18.9 Å². The molecule has 2 heterocycles. The molecule has 3 aromatic rings. The van der Waals surface area contributed by atoms with Crippen molar-refractivity contribution in [1.29, 1.82) is 0 Å². The predicted octanol–water partition coefficient (Wildman–Crippen LogP) is 3.26. The third-order valence-electron chi connectivity index (χ3n) is 5.17. The van der Waals surface area contributed by atoms with Crippen molar-refractivity contribution < 1.29 is 14.3 Å². The Hall–Kier alpha value is -2.99. The molecule has 1 aliphatic heterocycles. The van der Waals surface area contributed by atoms with Crippen LogP contribution in [0.15, 0.2) is 54.7 Å². The number of hydrogen-bond acceptors (Lipinski definition) is 4. The van der Waals surface area contributed by atoms with Crippen LogP contribution in [0.25, 0.3) is 10.9 Å². The Morgan fingerprint density at radius 2 is 1.83 bits per heavy atom. The first kappa shape index (κ1) is 19.3. The molecule has 0 aliphatic carbocycles. The molecule has 0 bridgehead atoms. The highest BCUT2D eigenvalue weighted by Gasteiger charge is 2.22. The van der Waals surface area contributed by atoms with E-state index in [1.54, 1.807) is 4.90 Å². The number of rotatable bonds is 5. The van der Waals surface area contributed by atoms with Crippen LogP contribution in [-0.2, 0) is 20.7 Å². The first-order valence-electron chi connectivity index (χ1n) is 9.59. The molecule has 0 radical (unpaired) electrons. The minimum absolute atomic E-state index is 0.139. The number of nitrogens with zero attached hydrogens (tertiary/aromatic N) is 2. The Bertz CT molecular complexity index is 1020. The van der Waals surface area contributed by atoms with Crippen LogP contribution in [0.3, 0.4) is 0 Å². The van der Waals surface area contributed by atoms with E-state index in [9.17, 15) is 9.59 Å². The van der Waals surface area contributed by atoms with Crippen molar-refractivity contribution in [2.24, 2.45) is 0 Å². The van der Waals surface area contributed by atoms with E-state index in [1.807, 2.05) is 54.7 Å². The minimum atomic E-state index is -0.402. The van der Waals surface area contributed by atoms with Crippen molar-refractivity contribution in [3.63, 3.8) is 0 Å². The SMILES string of the molecule is O=C(Cc1c[nH]c2ccccc12)OCC(=O)N1CCN(c2cccc(Cl)c2)CC1. The molecular formula is C22H22ClN3O3. The van der Waals surface area contributed by atoms with E-state index < -0.39 is 5.97 Å². The van der Waals surface area contributed by atoms with Gasteiger partial charge in [0.15, 0.2) is 6.61 Å². The molecule has 6 nitrogen and oxygen atoms in total. The average Bonchev–Trinajstić information content (AvgIpc) is 3.15. The van der Waals surface area contributed by atoms with Gasteiger partial charge in [-0.1, -0.05) is 35.9 Å². The number of para-hydroxylation sites is 1. The van der Waals surface area contributed by atoms with Gasteiger partial charge < -0.3 is 19.5 Å². The number of fused-ring (bicyclic) bond motifs is 1. The Labute approximate surface area is 174 Å². The van der Waals surface area contributed by atoms with Gasteiger partial charge in [0, 0.05) is 54.0 Å². The fraction of sp³-hybridized carbons (Fsp3) is 0.273. The molecule has 0 spiro atoms. The third kappa shape index (κ3) is 4.54. The molecule has 150 valence electrons. The summed E-state index contributed by atoms with van der Waals surface area (Å²) in [5, 5.41) is 1.69. The van der Waals surface area contributed by atoms with Crippen LogP contribution < -0.4 is 4.90 Å². The zero-order valence-electron chi connectivity index (χ0n) is 15.9. The summed E-state index contributed by atoms with van der Waals surface area (Å²) in [5.41, 5.74) is 2.90. The zero-order chi connectivity index (χ0) is 20.2. The third-order valence-corrected chi connectivity index (χ3v) is 5.41. The summed E-state index contributed by atoms with van der Waals surface area (Å²) in [5.74, 6) is -0.566. The van der Waals surface area contributed by atoms with E-state index in [0.29, 0.717) is 18.1 Å². The smallest absolute Gasteiger partial charge is 0.310 e. The average molecular weight is 412 g/mol. The summed E-state index contributed by atoms with van der Waals surface area (Å²) in [4.78, 5) is 31.7. The molecule has 7 heteroatoms. The molecule has 29 heavy (non-hydrogen) atoms. The first-order chi connectivity index (χ1) is 14.1. The number of carbonyl (C=O) groups excluding carboxylic acids is 2. The number of H-pyrrole nitrogens is 1. The van der Waals surface area contributed by atoms with E-state index in [0.717, 1.165) is 35.2 Å². The highest BCUT2D eigenvalue weighted by atomic mass is 35.5. The van der Waals surface area contributed by atoms with E-state index >= 15 is 0 Å². The molecule has 1 amide bonds. The Balaban J connectivity index is 1.25. The fourth-order valence-electron chi connectivity index (χ4n) is 3.60. The van der Waals surface area contributed by atoms with Gasteiger partial charge in [-0.3, -0.25) is 9.59 Å².